The van der Waals surface area contributed by atoms with Crippen molar-refractivity contribution >= 4 is 27.6 Å². The minimum absolute atomic E-state index is 0.0329. The van der Waals surface area contributed by atoms with Crippen LogP contribution in [0.3, 0.4) is 0 Å². The zero-order chi connectivity index (χ0) is 15.6. The second-order valence-corrected chi connectivity index (χ2v) is 6.24. The van der Waals surface area contributed by atoms with Crippen LogP contribution in [0.4, 0.5) is 19.3 Å². The predicted octanol–water partition coefficient (Wildman–Crippen LogP) is 3.29. The lowest BCUT2D eigenvalue weighted by Gasteiger charge is -2.34. The largest absolute Gasteiger partial charge is 0.377 e. The van der Waals surface area contributed by atoms with Gasteiger partial charge in [0.25, 0.3) is 0 Å². The van der Waals surface area contributed by atoms with Crippen LogP contribution in [0.15, 0.2) is 16.6 Å². The monoisotopic (exact) mass is 361 g/mol. The Morgan fingerprint density at radius 3 is 2.29 bits per heavy atom. The van der Waals surface area contributed by atoms with Crippen molar-refractivity contribution < 1.29 is 13.6 Å². The van der Waals surface area contributed by atoms with E-state index in [4.69, 9.17) is 0 Å². The van der Waals surface area contributed by atoms with E-state index in [-0.39, 0.29) is 17.8 Å². The number of hydrogen-bond acceptors (Lipinski definition) is 2. The molecule has 7 heteroatoms. The molecule has 1 fully saturated rings. The fourth-order valence-electron chi connectivity index (χ4n) is 2.38. The second-order valence-electron chi connectivity index (χ2n) is 5.33. The Kier molecular flexibility index (Phi) is 5.03. The molecule has 0 aliphatic carbocycles. The van der Waals surface area contributed by atoms with Crippen LogP contribution in [0.1, 0.15) is 12.8 Å². The van der Waals surface area contributed by atoms with E-state index in [9.17, 15) is 13.6 Å². The molecule has 4 nitrogen and oxygen atoms in total. The van der Waals surface area contributed by atoms with Gasteiger partial charge in [-0.1, -0.05) is 15.9 Å². The van der Waals surface area contributed by atoms with Crippen molar-refractivity contribution in [3.05, 3.63) is 28.2 Å². The fraction of sp³-hybridized carbons (Fsp3) is 0.500. The van der Waals surface area contributed by atoms with Gasteiger partial charge in [-0.15, -0.1) is 0 Å². The summed E-state index contributed by atoms with van der Waals surface area (Å²) in [5.74, 6) is -1.23. The molecule has 0 atom stereocenters. The van der Waals surface area contributed by atoms with Crippen LogP contribution in [-0.2, 0) is 0 Å². The molecule has 1 N–H and O–H groups in total. The Hall–Kier alpha value is -1.37. The first-order valence-electron chi connectivity index (χ1n) is 6.76. The SMILES string of the molecule is CN(C)C(=O)N1CCC(Nc2c(F)cc(Br)cc2F)CC1. The molecule has 1 heterocycles. The summed E-state index contributed by atoms with van der Waals surface area (Å²) in [5, 5.41) is 2.91. The predicted molar refractivity (Wildman–Crippen MR) is 81.4 cm³/mol. The van der Waals surface area contributed by atoms with Crippen LogP contribution in [0.2, 0.25) is 0 Å². The van der Waals surface area contributed by atoms with Crippen molar-refractivity contribution in [2.75, 3.05) is 32.5 Å². The van der Waals surface area contributed by atoms with Crippen LogP contribution in [0, 0.1) is 11.6 Å². The van der Waals surface area contributed by atoms with Gasteiger partial charge in [0.1, 0.15) is 17.3 Å². The first kappa shape index (κ1) is 16.0. The molecule has 0 aromatic heterocycles. The smallest absolute Gasteiger partial charge is 0.319 e. The van der Waals surface area contributed by atoms with Crippen LogP contribution in [0.25, 0.3) is 0 Å². The van der Waals surface area contributed by atoms with Crippen molar-refractivity contribution in [1.82, 2.24) is 9.80 Å². The van der Waals surface area contributed by atoms with Crippen molar-refractivity contribution in [3.63, 3.8) is 0 Å². The van der Waals surface area contributed by atoms with E-state index in [1.54, 1.807) is 19.0 Å². The normalized spacial score (nSPS) is 16.0. The molecule has 0 saturated carbocycles. The number of halogens is 3. The van der Waals surface area contributed by atoms with Gasteiger partial charge in [0.15, 0.2) is 0 Å². The maximum absolute atomic E-state index is 13.8. The molecule has 1 aliphatic heterocycles. The number of rotatable bonds is 2. The molecule has 2 rings (SSSR count). The Labute approximate surface area is 131 Å². The Balaban J connectivity index is 1.97. The number of nitrogens with zero attached hydrogens (tertiary/aromatic N) is 2. The number of amides is 2. The zero-order valence-electron chi connectivity index (χ0n) is 12.0. The number of benzene rings is 1. The Morgan fingerprint density at radius 1 is 1.29 bits per heavy atom. The van der Waals surface area contributed by atoms with E-state index in [2.05, 4.69) is 21.2 Å². The van der Waals surface area contributed by atoms with Gasteiger partial charge in [0.05, 0.1) is 0 Å². The first-order chi connectivity index (χ1) is 9.88. The number of anilines is 1. The summed E-state index contributed by atoms with van der Waals surface area (Å²) in [6.45, 7) is 1.16. The summed E-state index contributed by atoms with van der Waals surface area (Å²) in [7, 11) is 3.42. The van der Waals surface area contributed by atoms with Crippen LogP contribution >= 0.6 is 15.9 Å². The summed E-state index contributed by atoms with van der Waals surface area (Å²) in [6, 6.07) is 2.39. The molecular formula is C14H18BrF2N3O. The van der Waals surface area contributed by atoms with Crippen molar-refractivity contribution in [2.24, 2.45) is 0 Å². The number of carbonyl (C=O) groups excluding carboxylic acids is 1. The van der Waals surface area contributed by atoms with E-state index in [0.29, 0.717) is 30.4 Å². The van der Waals surface area contributed by atoms with Crippen LogP contribution in [-0.4, -0.2) is 49.1 Å². The Bertz CT molecular complexity index is 508. The Morgan fingerprint density at radius 2 is 1.81 bits per heavy atom. The molecule has 116 valence electrons. The zero-order valence-corrected chi connectivity index (χ0v) is 13.6. The van der Waals surface area contributed by atoms with Crippen LogP contribution in [0.5, 0.6) is 0 Å². The molecule has 0 bridgehead atoms. The molecule has 1 aliphatic rings. The van der Waals surface area contributed by atoms with Gasteiger partial charge in [0, 0.05) is 37.7 Å². The lowest BCUT2D eigenvalue weighted by molar-refractivity contribution is 0.158. The summed E-state index contributed by atoms with van der Waals surface area (Å²) >= 11 is 3.05. The van der Waals surface area contributed by atoms with Gasteiger partial charge in [-0.3, -0.25) is 0 Å². The molecule has 1 aromatic rings. The quantitative estimate of drug-likeness (QED) is 0.877. The second kappa shape index (κ2) is 6.60. The first-order valence-corrected chi connectivity index (χ1v) is 7.55. The van der Waals surface area contributed by atoms with Gasteiger partial charge in [-0.05, 0) is 25.0 Å². The minimum Gasteiger partial charge on any atom is -0.377 e. The highest BCUT2D eigenvalue weighted by molar-refractivity contribution is 9.10. The van der Waals surface area contributed by atoms with Gasteiger partial charge in [0.2, 0.25) is 0 Å². The highest BCUT2D eigenvalue weighted by Gasteiger charge is 2.25. The summed E-state index contributed by atoms with van der Waals surface area (Å²) < 4.78 is 27.9. The summed E-state index contributed by atoms with van der Waals surface area (Å²) in [5.41, 5.74) is -0.101. The highest BCUT2D eigenvalue weighted by Crippen LogP contribution is 2.26. The molecule has 1 saturated heterocycles. The van der Waals surface area contributed by atoms with Gasteiger partial charge in [-0.2, -0.15) is 0 Å². The van der Waals surface area contributed by atoms with Gasteiger partial charge in [-0.25, -0.2) is 13.6 Å². The maximum atomic E-state index is 13.8. The third kappa shape index (κ3) is 3.84. The third-order valence-corrected chi connectivity index (χ3v) is 3.96. The lowest BCUT2D eigenvalue weighted by atomic mass is 10.0. The molecular weight excluding hydrogens is 344 g/mol. The molecule has 0 spiro atoms. The lowest BCUT2D eigenvalue weighted by Crippen LogP contribution is -2.46. The molecule has 1 aromatic carbocycles. The van der Waals surface area contributed by atoms with E-state index in [1.165, 1.54) is 17.0 Å². The summed E-state index contributed by atoms with van der Waals surface area (Å²) in [4.78, 5) is 15.1. The van der Waals surface area contributed by atoms with E-state index < -0.39 is 11.6 Å². The van der Waals surface area contributed by atoms with Crippen molar-refractivity contribution in [3.8, 4) is 0 Å². The van der Waals surface area contributed by atoms with E-state index in [1.807, 2.05) is 0 Å². The van der Waals surface area contributed by atoms with Gasteiger partial charge >= 0.3 is 6.03 Å². The molecule has 2 amide bonds. The number of carbonyl (C=O) groups is 1. The topological polar surface area (TPSA) is 35.6 Å². The maximum Gasteiger partial charge on any atom is 0.319 e. The average Bonchev–Trinajstić information content (AvgIpc) is 2.42. The fourth-order valence-corrected chi connectivity index (χ4v) is 2.78. The standard InChI is InChI=1S/C14H18BrF2N3O/c1-19(2)14(21)20-5-3-10(4-6-20)18-13-11(16)7-9(15)8-12(13)17/h7-8,10,18H,3-6H2,1-2H3. The van der Waals surface area contributed by atoms with Gasteiger partial charge < -0.3 is 15.1 Å². The van der Waals surface area contributed by atoms with Crippen LogP contribution < -0.4 is 5.32 Å². The van der Waals surface area contributed by atoms with E-state index in [0.717, 1.165) is 0 Å². The third-order valence-electron chi connectivity index (χ3n) is 3.50. The van der Waals surface area contributed by atoms with Crippen molar-refractivity contribution in [2.45, 2.75) is 18.9 Å². The number of urea groups is 1. The van der Waals surface area contributed by atoms with E-state index >= 15 is 0 Å². The summed E-state index contributed by atoms with van der Waals surface area (Å²) in [6.07, 6.45) is 1.32. The number of nitrogens with one attached hydrogen (secondary N) is 1. The number of hydrogen-bond donors (Lipinski definition) is 1. The highest BCUT2D eigenvalue weighted by atomic mass is 79.9. The number of likely N-dealkylation sites (tertiary alicyclic amines) is 1. The van der Waals surface area contributed by atoms with Crippen molar-refractivity contribution in [1.29, 1.82) is 0 Å². The average molecular weight is 362 g/mol. The molecule has 21 heavy (non-hydrogen) atoms. The molecule has 0 radical (unpaired) electrons. The molecule has 0 unspecified atom stereocenters. The number of piperidine rings is 1. The minimum atomic E-state index is -0.617.